The maximum atomic E-state index is 13.7. The van der Waals surface area contributed by atoms with E-state index in [1.807, 2.05) is 39.8 Å². The van der Waals surface area contributed by atoms with E-state index in [0.29, 0.717) is 57.9 Å². The molecular weight excluding hydrogens is 694 g/mol. The molecule has 13 atom stereocenters. The Morgan fingerprint density at radius 2 is 1.72 bits per heavy atom. The summed E-state index contributed by atoms with van der Waals surface area (Å²) in [6.45, 7) is 12.1. The molecule has 54 heavy (non-hydrogen) atoms. The van der Waals surface area contributed by atoms with Gasteiger partial charge in [0.15, 0.2) is 6.10 Å². The molecule has 0 radical (unpaired) electrons. The minimum Gasteiger partial charge on any atom is -0.457 e. The van der Waals surface area contributed by atoms with Gasteiger partial charge in [-0.15, -0.1) is 0 Å². The zero-order chi connectivity index (χ0) is 40.1. The molecular formula is C42H69NO11. The first-order valence-corrected chi connectivity index (χ1v) is 20.1. The zero-order valence-electron chi connectivity index (χ0n) is 34.2. The molecule has 2 saturated heterocycles. The third-order valence-corrected chi connectivity index (χ3v) is 12.0. The summed E-state index contributed by atoms with van der Waals surface area (Å²) in [7, 11) is 4.83. The number of ketones is 1. The quantitative estimate of drug-likeness (QED) is 0.0935. The summed E-state index contributed by atoms with van der Waals surface area (Å²) in [4.78, 5) is 52.9. The predicted octanol–water partition coefficient (Wildman–Crippen LogP) is 5.36. The molecule has 3 fully saturated rings. The van der Waals surface area contributed by atoms with Gasteiger partial charge in [-0.25, -0.2) is 4.79 Å². The van der Waals surface area contributed by atoms with Gasteiger partial charge < -0.3 is 38.8 Å². The molecule has 0 aromatic carbocycles. The second-order valence-corrected chi connectivity index (χ2v) is 16.3. The van der Waals surface area contributed by atoms with Gasteiger partial charge in [-0.1, -0.05) is 45.4 Å². The lowest BCUT2D eigenvalue weighted by Crippen LogP contribution is -2.49. The Balaban J connectivity index is 1.71. The van der Waals surface area contributed by atoms with Crippen molar-refractivity contribution < 1.29 is 53.1 Å². The molecule has 0 unspecified atom stereocenters. The second-order valence-electron chi connectivity index (χ2n) is 16.3. The largest absolute Gasteiger partial charge is 0.457 e. The lowest BCUT2D eigenvalue weighted by atomic mass is 9.81. The molecule has 0 spiro atoms. The topological polar surface area (TPSA) is 158 Å². The van der Waals surface area contributed by atoms with Gasteiger partial charge in [0.2, 0.25) is 6.41 Å². The number of allylic oxidation sites excluding steroid dienone is 3. The number of amides is 1. The van der Waals surface area contributed by atoms with Crippen LogP contribution in [0.4, 0.5) is 0 Å². The zero-order valence-corrected chi connectivity index (χ0v) is 34.2. The molecule has 0 bridgehead atoms. The number of aliphatic hydroxyl groups is 2. The number of piperidine rings is 1. The van der Waals surface area contributed by atoms with Crippen molar-refractivity contribution >= 4 is 24.1 Å². The molecule has 0 aromatic heterocycles. The van der Waals surface area contributed by atoms with Crippen LogP contribution in [0.15, 0.2) is 23.3 Å². The van der Waals surface area contributed by atoms with Crippen molar-refractivity contribution in [2.45, 2.75) is 161 Å². The highest BCUT2D eigenvalue weighted by Crippen LogP contribution is 2.33. The molecule has 2 heterocycles. The molecule has 3 aliphatic rings. The van der Waals surface area contributed by atoms with Gasteiger partial charge in [-0.2, -0.15) is 0 Å². The average Bonchev–Trinajstić information content (AvgIpc) is 3.15. The van der Waals surface area contributed by atoms with Crippen LogP contribution >= 0.6 is 0 Å². The number of rotatable bonds is 20. The minimum absolute atomic E-state index is 0.0774. The Bertz CT molecular complexity index is 1280. The molecule has 12 heteroatoms. The summed E-state index contributed by atoms with van der Waals surface area (Å²) >= 11 is 0. The Morgan fingerprint density at radius 3 is 2.35 bits per heavy atom. The maximum absolute atomic E-state index is 13.7. The van der Waals surface area contributed by atoms with E-state index in [-0.39, 0.29) is 54.2 Å². The highest BCUT2D eigenvalue weighted by molar-refractivity contribution is 5.83. The van der Waals surface area contributed by atoms with E-state index in [2.05, 4.69) is 6.92 Å². The van der Waals surface area contributed by atoms with Crippen LogP contribution in [0.25, 0.3) is 0 Å². The lowest BCUT2D eigenvalue weighted by molar-refractivity contribution is -0.189. The third-order valence-electron chi connectivity index (χ3n) is 12.0. The summed E-state index contributed by atoms with van der Waals surface area (Å²) < 4.78 is 28.9. The molecule has 1 aliphatic carbocycles. The lowest BCUT2D eigenvalue weighted by Gasteiger charge is -2.38. The third kappa shape index (κ3) is 12.7. The van der Waals surface area contributed by atoms with E-state index >= 15 is 0 Å². The van der Waals surface area contributed by atoms with Crippen LogP contribution in [0.5, 0.6) is 0 Å². The fourth-order valence-electron chi connectivity index (χ4n) is 8.61. The van der Waals surface area contributed by atoms with Crippen LogP contribution in [0.2, 0.25) is 0 Å². The molecule has 1 amide bonds. The molecule has 3 rings (SSSR count). The number of likely N-dealkylation sites (tertiary alicyclic amines) is 1. The molecule has 1 saturated carbocycles. The summed E-state index contributed by atoms with van der Waals surface area (Å²) in [5.74, 6) is -1.86. The summed E-state index contributed by atoms with van der Waals surface area (Å²) in [5.41, 5.74) is 1.80. The Hall–Kier alpha value is -2.64. The fraction of sp³-hybridized carbons (Fsp3) is 0.810. The first-order valence-electron chi connectivity index (χ1n) is 20.1. The molecule has 0 aromatic rings. The van der Waals surface area contributed by atoms with Gasteiger partial charge >= 0.3 is 11.9 Å². The summed E-state index contributed by atoms with van der Waals surface area (Å²) in [6, 6.07) is -0.692. The molecule has 12 nitrogen and oxygen atoms in total. The molecule has 308 valence electrons. The average molecular weight is 764 g/mol. The van der Waals surface area contributed by atoms with E-state index in [0.717, 1.165) is 30.4 Å². The van der Waals surface area contributed by atoms with Gasteiger partial charge in [-0.05, 0) is 95.5 Å². The first-order chi connectivity index (χ1) is 25.7. The standard InChI is InChI=1S/C42H69NO11/c1-10-31(18-25(2)17-26(3)19-37(51-8)40-38(52-9)21-28(5)41(48)54-40)35(47)23-34(46)29(6)39(53-42(49)32-13-11-12-16-43(32)24-44)27(4)20-30-14-15-33(45)36(22-30)50-7/h18,20,24,26,28-34,36-40,45-46H,10-17,19,21-23H2,1-9H3/b25-18+,27-20+/t26-,28+,29+,30-,31+,32-,33+,34-,36+,37-,38-,39+,40+/m0/s1. The van der Waals surface area contributed by atoms with Crippen LogP contribution in [-0.2, 0) is 42.9 Å². The van der Waals surface area contributed by atoms with Crippen molar-refractivity contribution in [1.29, 1.82) is 0 Å². The van der Waals surface area contributed by atoms with Gasteiger partial charge in [0.25, 0.3) is 0 Å². The van der Waals surface area contributed by atoms with E-state index in [9.17, 15) is 29.4 Å². The minimum atomic E-state index is -1.09. The van der Waals surface area contributed by atoms with E-state index in [1.165, 1.54) is 4.90 Å². The normalized spacial score (nSPS) is 30.4. The monoisotopic (exact) mass is 763 g/mol. The van der Waals surface area contributed by atoms with Crippen molar-refractivity contribution in [3.63, 3.8) is 0 Å². The highest BCUT2D eigenvalue weighted by Gasteiger charge is 2.41. The SMILES string of the molecule is CC[C@H](/C=C(\C)C[C@H](C)C[C@H](OC)[C@H]1OC(=O)[C@H](C)C[C@@H]1OC)C(=O)C[C@H](O)[C@@H](C)[C@H](OC(=O)[C@@H]1CCCCN1C=O)/C(C)=C/[C@@H]1CC[C@@H](O)[C@H](OC)C1. The highest BCUT2D eigenvalue weighted by atomic mass is 16.6. The second kappa shape index (κ2) is 22.2. The van der Waals surface area contributed by atoms with Gasteiger partial charge in [0.05, 0.1) is 36.4 Å². The maximum Gasteiger partial charge on any atom is 0.329 e. The van der Waals surface area contributed by atoms with Crippen LogP contribution in [-0.4, -0.2) is 116 Å². The van der Waals surface area contributed by atoms with Crippen LogP contribution < -0.4 is 0 Å². The van der Waals surface area contributed by atoms with Crippen molar-refractivity contribution in [3.8, 4) is 0 Å². The smallest absolute Gasteiger partial charge is 0.329 e. The number of ether oxygens (including phenoxy) is 5. The van der Waals surface area contributed by atoms with E-state index < -0.39 is 48.3 Å². The fourth-order valence-corrected chi connectivity index (χ4v) is 8.61. The van der Waals surface area contributed by atoms with E-state index in [4.69, 9.17) is 23.7 Å². The van der Waals surface area contributed by atoms with Crippen LogP contribution in [0, 0.1) is 29.6 Å². The number of esters is 2. The van der Waals surface area contributed by atoms with Gasteiger partial charge in [0.1, 0.15) is 17.9 Å². The van der Waals surface area contributed by atoms with Crippen molar-refractivity contribution in [2.75, 3.05) is 27.9 Å². The molecule has 2 N–H and O–H groups in total. The van der Waals surface area contributed by atoms with Crippen molar-refractivity contribution in [3.05, 3.63) is 23.3 Å². The number of cyclic esters (lactones) is 1. The summed E-state index contributed by atoms with van der Waals surface area (Å²) in [6.07, 6.45) is 7.37. The van der Waals surface area contributed by atoms with Crippen LogP contribution in [0.1, 0.15) is 112 Å². The number of hydrogen-bond donors (Lipinski definition) is 2. The number of carbonyl (C=O) groups is 4. The number of methoxy groups -OCH3 is 3. The molecule has 2 aliphatic heterocycles. The first kappa shape index (κ1) is 45.7. The number of carbonyl (C=O) groups excluding carboxylic acids is 4. The van der Waals surface area contributed by atoms with Crippen molar-refractivity contribution in [2.24, 2.45) is 29.6 Å². The number of aliphatic hydroxyl groups excluding tert-OH is 2. The van der Waals surface area contributed by atoms with Crippen molar-refractivity contribution in [1.82, 2.24) is 4.90 Å². The van der Waals surface area contributed by atoms with Crippen LogP contribution in [0.3, 0.4) is 0 Å². The van der Waals surface area contributed by atoms with Gasteiger partial charge in [-0.3, -0.25) is 14.4 Å². The van der Waals surface area contributed by atoms with Gasteiger partial charge in [0, 0.05) is 46.1 Å². The Kier molecular flexibility index (Phi) is 18.8. The Morgan fingerprint density at radius 1 is 1.02 bits per heavy atom. The summed E-state index contributed by atoms with van der Waals surface area (Å²) in [5, 5.41) is 21.9. The number of Topliss-reactive ketones (excluding diaryl/α,β-unsaturated/α-hetero) is 1. The Labute approximate surface area is 323 Å². The number of hydrogen-bond acceptors (Lipinski definition) is 11. The number of nitrogens with zero attached hydrogens (tertiary/aromatic N) is 1. The predicted molar refractivity (Wildman–Crippen MR) is 204 cm³/mol. The van der Waals surface area contributed by atoms with E-state index in [1.54, 1.807) is 28.3 Å².